The van der Waals surface area contributed by atoms with E-state index in [1.807, 2.05) is 31.3 Å². The van der Waals surface area contributed by atoms with Crippen molar-refractivity contribution in [1.29, 1.82) is 0 Å². The minimum absolute atomic E-state index is 0.223. The number of nitrogens with zero attached hydrogens (tertiary/aromatic N) is 4. The molecule has 1 saturated heterocycles. The monoisotopic (exact) mass is 402 g/mol. The van der Waals surface area contributed by atoms with Crippen LogP contribution in [-0.2, 0) is 17.8 Å². The number of aliphatic hydroxyl groups excluding tert-OH is 1. The summed E-state index contributed by atoms with van der Waals surface area (Å²) >= 11 is 0. The van der Waals surface area contributed by atoms with Gasteiger partial charge < -0.3 is 19.3 Å². The molecular weight excluding hydrogens is 372 g/mol. The number of aliphatic hydroxyl groups is 1. The van der Waals surface area contributed by atoms with Crippen molar-refractivity contribution in [2.45, 2.75) is 19.2 Å². The van der Waals surface area contributed by atoms with E-state index in [0.29, 0.717) is 31.3 Å². The first-order valence-electron chi connectivity index (χ1n) is 9.85. The molecule has 0 bridgehead atoms. The Bertz CT molecular complexity index is 741. The Morgan fingerprint density at radius 3 is 2.76 bits per heavy atom. The summed E-state index contributed by atoms with van der Waals surface area (Å²) in [7, 11) is 3.67. The Hall–Kier alpha value is -2.26. The Balaban J connectivity index is 1.51. The van der Waals surface area contributed by atoms with Gasteiger partial charge in [0.05, 0.1) is 26.0 Å². The molecule has 8 heteroatoms. The standard InChI is InChI=1S/C21H30N4O4/c1-24(13-18-5-6-22-16-23-18)12-17-3-4-20(21(11-17)27-2)29-15-19(26)14-25-7-9-28-10-8-25/h3-6,11,16,19,26H,7-10,12-15H2,1-2H3. The highest BCUT2D eigenvalue weighted by molar-refractivity contribution is 5.43. The average molecular weight is 402 g/mol. The van der Waals surface area contributed by atoms with E-state index in [9.17, 15) is 5.11 Å². The zero-order chi connectivity index (χ0) is 20.5. The first-order chi connectivity index (χ1) is 14.1. The SMILES string of the molecule is COc1cc(CN(C)Cc2ccncn2)ccc1OCC(O)CN1CCOCC1. The fraction of sp³-hybridized carbons (Fsp3) is 0.524. The van der Waals surface area contributed by atoms with E-state index in [1.54, 1.807) is 19.6 Å². The predicted octanol–water partition coefficient (Wildman–Crippen LogP) is 1.19. The van der Waals surface area contributed by atoms with Crippen LogP contribution in [0.3, 0.4) is 0 Å². The number of rotatable bonds is 10. The van der Waals surface area contributed by atoms with E-state index in [0.717, 1.165) is 37.4 Å². The number of hydrogen-bond donors (Lipinski definition) is 1. The summed E-state index contributed by atoms with van der Waals surface area (Å²) < 4.78 is 16.7. The Morgan fingerprint density at radius 2 is 2.03 bits per heavy atom. The quantitative estimate of drug-likeness (QED) is 0.635. The van der Waals surface area contributed by atoms with Crippen LogP contribution < -0.4 is 9.47 Å². The molecule has 0 saturated carbocycles. The largest absolute Gasteiger partial charge is 0.493 e. The van der Waals surface area contributed by atoms with Gasteiger partial charge in [0.2, 0.25) is 0 Å². The number of aromatic nitrogens is 2. The van der Waals surface area contributed by atoms with Crippen LogP contribution >= 0.6 is 0 Å². The van der Waals surface area contributed by atoms with Crippen molar-refractivity contribution in [2.24, 2.45) is 0 Å². The molecule has 1 N–H and O–H groups in total. The molecule has 3 rings (SSSR count). The van der Waals surface area contributed by atoms with Gasteiger partial charge in [0.1, 0.15) is 19.0 Å². The van der Waals surface area contributed by atoms with Crippen LogP contribution in [0.5, 0.6) is 11.5 Å². The second kappa shape index (κ2) is 11.1. The maximum absolute atomic E-state index is 10.3. The summed E-state index contributed by atoms with van der Waals surface area (Å²) in [4.78, 5) is 12.6. The highest BCUT2D eigenvalue weighted by Gasteiger charge is 2.16. The molecule has 2 aromatic rings. The molecule has 0 amide bonds. The smallest absolute Gasteiger partial charge is 0.161 e. The first-order valence-corrected chi connectivity index (χ1v) is 9.85. The van der Waals surface area contributed by atoms with E-state index in [2.05, 4.69) is 19.8 Å². The number of benzene rings is 1. The summed E-state index contributed by atoms with van der Waals surface area (Å²) in [6.07, 6.45) is 2.75. The number of hydrogen-bond acceptors (Lipinski definition) is 8. The van der Waals surface area contributed by atoms with Gasteiger partial charge in [-0.25, -0.2) is 9.97 Å². The summed E-state index contributed by atoms with van der Waals surface area (Å²) in [6.45, 7) is 5.41. The van der Waals surface area contributed by atoms with Gasteiger partial charge in [0, 0.05) is 38.9 Å². The Labute approximate surface area is 172 Å². The molecule has 0 aliphatic carbocycles. The van der Waals surface area contributed by atoms with E-state index < -0.39 is 6.10 Å². The fourth-order valence-corrected chi connectivity index (χ4v) is 3.31. The van der Waals surface area contributed by atoms with Crippen molar-refractivity contribution in [1.82, 2.24) is 19.8 Å². The lowest BCUT2D eigenvalue weighted by Gasteiger charge is -2.28. The molecular formula is C21H30N4O4. The third-order valence-electron chi connectivity index (χ3n) is 4.76. The molecule has 8 nitrogen and oxygen atoms in total. The van der Waals surface area contributed by atoms with Gasteiger partial charge in [0.15, 0.2) is 11.5 Å². The molecule has 1 fully saturated rings. The third kappa shape index (κ3) is 6.93. The van der Waals surface area contributed by atoms with Crippen LogP contribution in [0, 0.1) is 0 Å². The van der Waals surface area contributed by atoms with Gasteiger partial charge >= 0.3 is 0 Å². The summed E-state index contributed by atoms with van der Waals surface area (Å²) in [6, 6.07) is 7.80. The Kier molecular flexibility index (Phi) is 8.18. The van der Waals surface area contributed by atoms with Crippen molar-refractivity contribution in [3.05, 3.63) is 48.0 Å². The molecule has 0 radical (unpaired) electrons. The van der Waals surface area contributed by atoms with E-state index in [-0.39, 0.29) is 6.61 Å². The summed E-state index contributed by atoms with van der Waals surface area (Å²) in [5.41, 5.74) is 2.09. The van der Waals surface area contributed by atoms with Crippen LogP contribution in [-0.4, -0.2) is 84.6 Å². The van der Waals surface area contributed by atoms with E-state index in [1.165, 1.54) is 0 Å². The Morgan fingerprint density at radius 1 is 1.21 bits per heavy atom. The van der Waals surface area contributed by atoms with Gasteiger partial charge in [-0.2, -0.15) is 0 Å². The van der Waals surface area contributed by atoms with Gasteiger partial charge in [0.25, 0.3) is 0 Å². The second-order valence-corrected chi connectivity index (χ2v) is 7.24. The highest BCUT2D eigenvalue weighted by Crippen LogP contribution is 2.28. The number of morpholine rings is 1. The zero-order valence-electron chi connectivity index (χ0n) is 17.2. The van der Waals surface area contributed by atoms with Crippen LogP contribution in [0.4, 0.5) is 0 Å². The van der Waals surface area contributed by atoms with Crippen molar-refractivity contribution in [2.75, 3.05) is 53.6 Å². The average Bonchev–Trinajstić information content (AvgIpc) is 2.74. The molecule has 1 aliphatic heterocycles. The van der Waals surface area contributed by atoms with Crippen LogP contribution in [0.15, 0.2) is 36.8 Å². The lowest BCUT2D eigenvalue weighted by molar-refractivity contribution is 0.00445. The van der Waals surface area contributed by atoms with Gasteiger partial charge in [-0.1, -0.05) is 6.07 Å². The lowest BCUT2D eigenvalue weighted by atomic mass is 10.2. The highest BCUT2D eigenvalue weighted by atomic mass is 16.5. The van der Waals surface area contributed by atoms with Crippen molar-refractivity contribution < 1.29 is 19.3 Å². The van der Waals surface area contributed by atoms with Gasteiger partial charge in [-0.15, -0.1) is 0 Å². The van der Waals surface area contributed by atoms with Crippen molar-refractivity contribution in [3.63, 3.8) is 0 Å². The van der Waals surface area contributed by atoms with Gasteiger partial charge in [-0.3, -0.25) is 9.80 Å². The maximum atomic E-state index is 10.3. The van der Waals surface area contributed by atoms with E-state index >= 15 is 0 Å². The predicted molar refractivity (Wildman–Crippen MR) is 109 cm³/mol. The fourth-order valence-electron chi connectivity index (χ4n) is 3.31. The normalized spacial score (nSPS) is 16.0. The molecule has 158 valence electrons. The minimum Gasteiger partial charge on any atom is -0.493 e. The molecule has 1 unspecified atom stereocenters. The summed E-state index contributed by atoms with van der Waals surface area (Å²) in [5, 5.41) is 10.3. The topological polar surface area (TPSA) is 80.2 Å². The maximum Gasteiger partial charge on any atom is 0.161 e. The molecule has 1 aliphatic rings. The van der Waals surface area contributed by atoms with Crippen LogP contribution in [0.1, 0.15) is 11.3 Å². The third-order valence-corrected chi connectivity index (χ3v) is 4.76. The molecule has 1 aromatic carbocycles. The number of β-amino-alcohol motifs (C(OH)–C–C–N with tert-alkyl or cyclic N) is 1. The van der Waals surface area contributed by atoms with Crippen molar-refractivity contribution in [3.8, 4) is 11.5 Å². The van der Waals surface area contributed by atoms with Crippen molar-refractivity contribution >= 4 is 0 Å². The second-order valence-electron chi connectivity index (χ2n) is 7.24. The first kappa shape index (κ1) is 21.4. The minimum atomic E-state index is -0.559. The summed E-state index contributed by atoms with van der Waals surface area (Å²) in [5.74, 6) is 1.30. The molecule has 2 heterocycles. The molecule has 29 heavy (non-hydrogen) atoms. The number of ether oxygens (including phenoxy) is 3. The van der Waals surface area contributed by atoms with Crippen LogP contribution in [0.2, 0.25) is 0 Å². The van der Waals surface area contributed by atoms with E-state index in [4.69, 9.17) is 14.2 Å². The van der Waals surface area contributed by atoms with Gasteiger partial charge in [-0.05, 0) is 30.8 Å². The molecule has 0 spiro atoms. The lowest BCUT2D eigenvalue weighted by Crippen LogP contribution is -2.42. The van der Waals surface area contributed by atoms with Crippen LogP contribution in [0.25, 0.3) is 0 Å². The molecule has 1 aromatic heterocycles. The number of methoxy groups -OCH3 is 1. The zero-order valence-corrected chi connectivity index (χ0v) is 17.2. The molecule has 1 atom stereocenters.